The molecule has 0 saturated carbocycles. The average Bonchev–Trinajstić information content (AvgIpc) is 3.13. The fraction of sp³-hybridized carbons (Fsp3) is 0.292. The highest BCUT2D eigenvalue weighted by atomic mass is 35.5. The molecule has 0 saturated heterocycles. The molecule has 2 aromatic carbocycles. The predicted molar refractivity (Wildman–Crippen MR) is 124 cm³/mol. The molecule has 33 heavy (non-hydrogen) atoms. The molecule has 0 spiro atoms. The minimum Gasteiger partial charge on any atom is -0.493 e. The maximum atomic E-state index is 12.7. The zero-order valence-corrected chi connectivity index (χ0v) is 19.1. The fourth-order valence-corrected chi connectivity index (χ4v) is 3.60. The lowest BCUT2D eigenvalue weighted by molar-refractivity contribution is -0.153. The van der Waals surface area contributed by atoms with Crippen LogP contribution in [0.15, 0.2) is 54.6 Å². The number of carbonyl (C=O) groups is 2. The topological polar surface area (TPSA) is 114 Å². The van der Waals surface area contributed by atoms with Crippen LogP contribution in [0.4, 0.5) is 0 Å². The SMILES string of the molecule is CCOC(=O)C(O)C[C@@H](Cc1ccc(-c2cccc(Cl)c2)cc1)NC(=O)c1cc(O)n(C)n1. The zero-order valence-electron chi connectivity index (χ0n) is 18.4. The molecule has 3 rings (SSSR count). The minimum absolute atomic E-state index is 0.0296. The van der Waals surface area contributed by atoms with Gasteiger partial charge in [0.2, 0.25) is 5.88 Å². The van der Waals surface area contributed by atoms with Crippen molar-refractivity contribution in [3.63, 3.8) is 0 Å². The first-order chi connectivity index (χ1) is 15.8. The Labute approximate surface area is 196 Å². The Hall–Kier alpha value is -3.36. The fourth-order valence-electron chi connectivity index (χ4n) is 3.41. The summed E-state index contributed by atoms with van der Waals surface area (Å²) in [6.45, 7) is 1.80. The highest BCUT2D eigenvalue weighted by Gasteiger charge is 2.25. The number of benzene rings is 2. The summed E-state index contributed by atoms with van der Waals surface area (Å²) >= 11 is 6.08. The summed E-state index contributed by atoms with van der Waals surface area (Å²) in [5.74, 6) is -1.43. The van der Waals surface area contributed by atoms with Gasteiger partial charge in [0.25, 0.3) is 5.91 Å². The lowest BCUT2D eigenvalue weighted by Gasteiger charge is -2.21. The Morgan fingerprint density at radius 3 is 2.48 bits per heavy atom. The van der Waals surface area contributed by atoms with Gasteiger partial charge in [-0.15, -0.1) is 0 Å². The number of amides is 1. The van der Waals surface area contributed by atoms with Crippen LogP contribution in [0, 0.1) is 0 Å². The third-order valence-corrected chi connectivity index (χ3v) is 5.32. The van der Waals surface area contributed by atoms with Gasteiger partial charge in [0.1, 0.15) is 0 Å². The van der Waals surface area contributed by atoms with E-state index in [0.29, 0.717) is 11.4 Å². The number of hydrogen-bond donors (Lipinski definition) is 3. The molecule has 0 bridgehead atoms. The molecule has 0 aliphatic carbocycles. The summed E-state index contributed by atoms with van der Waals surface area (Å²) in [7, 11) is 1.51. The smallest absolute Gasteiger partial charge is 0.335 e. The summed E-state index contributed by atoms with van der Waals surface area (Å²) in [5, 5.41) is 27.3. The van der Waals surface area contributed by atoms with Gasteiger partial charge in [0, 0.05) is 30.6 Å². The van der Waals surface area contributed by atoms with E-state index in [9.17, 15) is 19.8 Å². The number of esters is 1. The molecule has 0 aliphatic heterocycles. The van der Waals surface area contributed by atoms with Crippen molar-refractivity contribution in [2.45, 2.75) is 31.9 Å². The molecule has 1 aromatic heterocycles. The first-order valence-electron chi connectivity index (χ1n) is 10.5. The molecule has 1 unspecified atom stereocenters. The first kappa shape index (κ1) is 24.3. The number of ether oxygens (including phenoxy) is 1. The van der Waals surface area contributed by atoms with Crippen LogP contribution in [-0.2, 0) is 23.0 Å². The van der Waals surface area contributed by atoms with Gasteiger partial charge in [0.05, 0.1) is 6.61 Å². The number of nitrogens with zero attached hydrogens (tertiary/aromatic N) is 2. The summed E-state index contributed by atoms with van der Waals surface area (Å²) in [6, 6.07) is 15.9. The molecule has 1 heterocycles. The predicted octanol–water partition coefficient (Wildman–Crippen LogP) is 3.10. The van der Waals surface area contributed by atoms with Crippen LogP contribution < -0.4 is 5.32 Å². The maximum Gasteiger partial charge on any atom is 0.335 e. The largest absolute Gasteiger partial charge is 0.493 e. The summed E-state index contributed by atoms with van der Waals surface area (Å²) in [5.41, 5.74) is 2.89. The van der Waals surface area contributed by atoms with Gasteiger partial charge < -0.3 is 20.3 Å². The first-order valence-corrected chi connectivity index (χ1v) is 10.9. The second-order valence-corrected chi connectivity index (χ2v) is 8.03. The molecule has 0 fully saturated rings. The van der Waals surface area contributed by atoms with Crippen LogP contribution in [0.1, 0.15) is 29.4 Å². The third kappa shape index (κ3) is 6.57. The normalized spacial score (nSPS) is 12.7. The van der Waals surface area contributed by atoms with Crippen molar-refractivity contribution in [3.8, 4) is 17.0 Å². The van der Waals surface area contributed by atoms with Crippen molar-refractivity contribution in [1.82, 2.24) is 15.1 Å². The molecular weight excluding hydrogens is 446 g/mol. The Bertz CT molecular complexity index is 1090. The van der Waals surface area contributed by atoms with Gasteiger partial charge in [-0.3, -0.25) is 4.79 Å². The molecule has 0 aliphatic rings. The number of aryl methyl sites for hydroxylation is 1. The van der Waals surface area contributed by atoms with E-state index >= 15 is 0 Å². The lowest BCUT2D eigenvalue weighted by Crippen LogP contribution is -2.41. The quantitative estimate of drug-likeness (QED) is 0.413. The Morgan fingerprint density at radius 2 is 1.88 bits per heavy atom. The van der Waals surface area contributed by atoms with Crippen LogP contribution in [-0.4, -0.2) is 50.6 Å². The van der Waals surface area contributed by atoms with Crippen LogP contribution in [0.25, 0.3) is 11.1 Å². The molecular formula is C24H26ClN3O5. The van der Waals surface area contributed by atoms with Crippen molar-refractivity contribution in [1.29, 1.82) is 0 Å². The van der Waals surface area contributed by atoms with Crippen LogP contribution in [0.5, 0.6) is 5.88 Å². The van der Waals surface area contributed by atoms with Gasteiger partial charge in [0.15, 0.2) is 11.8 Å². The van der Waals surface area contributed by atoms with Crippen molar-refractivity contribution < 1.29 is 24.5 Å². The molecule has 0 radical (unpaired) electrons. The number of rotatable bonds is 9. The molecule has 2 atom stereocenters. The maximum absolute atomic E-state index is 12.7. The van der Waals surface area contributed by atoms with Gasteiger partial charge in [-0.2, -0.15) is 5.10 Å². The number of halogens is 1. The van der Waals surface area contributed by atoms with Gasteiger partial charge >= 0.3 is 5.97 Å². The van der Waals surface area contributed by atoms with Crippen molar-refractivity contribution in [3.05, 3.63) is 70.9 Å². The third-order valence-electron chi connectivity index (χ3n) is 5.08. The van der Waals surface area contributed by atoms with Crippen LogP contribution in [0.2, 0.25) is 5.02 Å². The van der Waals surface area contributed by atoms with E-state index in [4.69, 9.17) is 16.3 Å². The number of aliphatic hydroxyl groups excluding tert-OH is 1. The van der Waals surface area contributed by atoms with Crippen molar-refractivity contribution >= 4 is 23.5 Å². The van der Waals surface area contributed by atoms with Crippen molar-refractivity contribution in [2.75, 3.05) is 6.61 Å². The van der Waals surface area contributed by atoms with E-state index in [-0.39, 0.29) is 24.6 Å². The van der Waals surface area contributed by atoms with E-state index in [2.05, 4.69) is 10.4 Å². The number of aromatic hydroxyl groups is 1. The van der Waals surface area contributed by atoms with Gasteiger partial charge in [-0.25, -0.2) is 9.48 Å². The molecule has 1 amide bonds. The van der Waals surface area contributed by atoms with Crippen LogP contribution >= 0.6 is 11.6 Å². The Balaban J connectivity index is 1.76. The van der Waals surface area contributed by atoms with Gasteiger partial charge in [-0.1, -0.05) is 48.0 Å². The molecule has 8 nitrogen and oxygen atoms in total. The monoisotopic (exact) mass is 471 g/mol. The minimum atomic E-state index is -1.39. The Kier molecular flexibility index (Phi) is 8.08. The van der Waals surface area contributed by atoms with Crippen LogP contribution in [0.3, 0.4) is 0 Å². The highest BCUT2D eigenvalue weighted by Crippen LogP contribution is 2.23. The van der Waals surface area contributed by atoms with E-state index < -0.39 is 24.0 Å². The summed E-state index contributed by atoms with van der Waals surface area (Å²) in [6.07, 6.45) is -1.07. The summed E-state index contributed by atoms with van der Waals surface area (Å²) in [4.78, 5) is 24.6. The average molecular weight is 472 g/mol. The van der Waals surface area contributed by atoms with E-state index in [1.807, 2.05) is 48.5 Å². The molecule has 3 N–H and O–H groups in total. The lowest BCUT2D eigenvalue weighted by atomic mass is 9.97. The van der Waals surface area contributed by atoms with Gasteiger partial charge in [-0.05, 0) is 42.2 Å². The molecule has 3 aromatic rings. The number of aliphatic hydroxyl groups is 1. The second kappa shape index (κ2) is 11.0. The van der Waals surface area contributed by atoms with Crippen molar-refractivity contribution in [2.24, 2.45) is 7.05 Å². The van der Waals surface area contributed by atoms with E-state index in [1.54, 1.807) is 6.92 Å². The summed E-state index contributed by atoms with van der Waals surface area (Å²) < 4.78 is 6.05. The molecule has 9 heteroatoms. The number of carbonyl (C=O) groups excluding carboxylic acids is 2. The number of aromatic nitrogens is 2. The standard InChI is InChI=1S/C24H26ClN3O5/c1-3-33-24(32)21(29)13-19(26-23(31)20-14-22(30)28(2)27-20)11-15-7-9-16(10-8-15)17-5-4-6-18(25)12-17/h4-10,12,14,19,21,29-30H,3,11,13H2,1-2H3,(H,26,31)/t19-,21?/m1/s1. The number of hydrogen-bond acceptors (Lipinski definition) is 6. The molecule has 174 valence electrons. The second-order valence-electron chi connectivity index (χ2n) is 7.60. The zero-order chi connectivity index (χ0) is 24.0. The Morgan fingerprint density at radius 1 is 1.15 bits per heavy atom. The van der Waals surface area contributed by atoms with E-state index in [0.717, 1.165) is 16.7 Å². The highest BCUT2D eigenvalue weighted by molar-refractivity contribution is 6.30. The number of nitrogens with one attached hydrogen (secondary N) is 1. The van der Waals surface area contributed by atoms with E-state index in [1.165, 1.54) is 17.8 Å².